The van der Waals surface area contributed by atoms with Gasteiger partial charge in [0.2, 0.25) is 5.91 Å². The first-order valence-electron chi connectivity index (χ1n) is 7.93. The Labute approximate surface area is 127 Å². The fraction of sp³-hybridized carbons (Fsp3) is 0.529. The Balaban J connectivity index is 1.59. The van der Waals surface area contributed by atoms with Gasteiger partial charge < -0.3 is 10.2 Å². The maximum atomic E-state index is 11.7. The number of pyridine rings is 1. The molecule has 4 heteroatoms. The van der Waals surface area contributed by atoms with Crippen LogP contribution in [0.3, 0.4) is 0 Å². The van der Waals surface area contributed by atoms with E-state index in [1.54, 1.807) is 24.5 Å². The molecule has 1 aliphatic rings. The van der Waals surface area contributed by atoms with E-state index in [2.05, 4.69) is 15.2 Å². The lowest BCUT2D eigenvalue weighted by atomic mass is 10.2. The van der Waals surface area contributed by atoms with E-state index in [0.717, 1.165) is 25.1 Å². The molecule has 1 amide bonds. The van der Waals surface area contributed by atoms with Gasteiger partial charge in [-0.3, -0.25) is 9.78 Å². The highest BCUT2D eigenvalue weighted by atomic mass is 16.1. The SMILES string of the molecule is O=C(/C=C/c1cccnc1)NCCCN1CCCCCC1. The van der Waals surface area contributed by atoms with Crippen LogP contribution < -0.4 is 5.32 Å². The van der Waals surface area contributed by atoms with Crippen LogP contribution in [-0.2, 0) is 4.79 Å². The maximum Gasteiger partial charge on any atom is 0.244 e. The van der Waals surface area contributed by atoms with Crippen LogP contribution in [0, 0.1) is 0 Å². The zero-order valence-electron chi connectivity index (χ0n) is 12.6. The Hall–Kier alpha value is -1.68. The van der Waals surface area contributed by atoms with Crippen molar-refractivity contribution >= 4 is 12.0 Å². The molecule has 0 aromatic carbocycles. The summed E-state index contributed by atoms with van der Waals surface area (Å²) in [4.78, 5) is 18.2. The van der Waals surface area contributed by atoms with E-state index < -0.39 is 0 Å². The molecule has 2 rings (SSSR count). The van der Waals surface area contributed by atoms with Gasteiger partial charge in [-0.25, -0.2) is 0 Å². The number of likely N-dealkylation sites (tertiary alicyclic amines) is 1. The van der Waals surface area contributed by atoms with Gasteiger partial charge in [-0.05, 0) is 56.6 Å². The first-order valence-corrected chi connectivity index (χ1v) is 7.93. The molecule has 114 valence electrons. The molecule has 1 aliphatic heterocycles. The predicted octanol–water partition coefficient (Wildman–Crippen LogP) is 2.48. The number of nitrogens with zero attached hydrogens (tertiary/aromatic N) is 2. The molecule has 0 saturated carbocycles. The van der Waals surface area contributed by atoms with Gasteiger partial charge in [0, 0.05) is 25.0 Å². The molecule has 1 saturated heterocycles. The van der Waals surface area contributed by atoms with E-state index in [4.69, 9.17) is 0 Å². The smallest absolute Gasteiger partial charge is 0.244 e. The highest BCUT2D eigenvalue weighted by Gasteiger charge is 2.07. The third-order valence-corrected chi connectivity index (χ3v) is 3.76. The van der Waals surface area contributed by atoms with Crippen molar-refractivity contribution in [2.75, 3.05) is 26.2 Å². The summed E-state index contributed by atoms with van der Waals surface area (Å²) in [6, 6.07) is 3.79. The summed E-state index contributed by atoms with van der Waals surface area (Å²) in [5.41, 5.74) is 0.942. The highest BCUT2D eigenvalue weighted by Crippen LogP contribution is 2.09. The first kappa shape index (κ1) is 15.7. The van der Waals surface area contributed by atoms with Crippen LogP contribution in [0.15, 0.2) is 30.6 Å². The van der Waals surface area contributed by atoms with Gasteiger partial charge >= 0.3 is 0 Å². The van der Waals surface area contributed by atoms with Crippen molar-refractivity contribution in [1.29, 1.82) is 0 Å². The molecule has 21 heavy (non-hydrogen) atoms. The van der Waals surface area contributed by atoms with E-state index in [0.29, 0.717) is 0 Å². The maximum absolute atomic E-state index is 11.7. The molecule has 0 unspecified atom stereocenters. The number of nitrogens with one attached hydrogen (secondary N) is 1. The Morgan fingerprint density at radius 1 is 1.29 bits per heavy atom. The minimum Gasteiger partial charge on any atom is -0.353 e. The number of aromatic nitrogens is 1. The van der Waals surface area contributed by atoms with Gasteiger partial charge in [-0.15, -0.1) is 0 Å². The van der Waals surface area contributed by atoms with E-state index in [1.807, 2.05) is 12.1 Å². The van der Waals surface area contributed by atoms with E-state index in [1.165, 1.54) is 38.8 Å². The van der Waals surface area contributed by atoms with Crippen LogP contribution in [0.4, 0.5) is 0 Å². The molecule has 0 spiro atoms. The minimum atomic E-state index is -0.0327. The monoisotopic (exact) mass is 287 g/mol. The molecule has 0 bridgehead atoms. The molecule has 1 aromatic heterocycles. The number of hydrogen-bond donors (Lipinski definition) is 1. The number of rotatable bonds is 6. The van der Waals surface area contributed by atoms with E-state index in [-0.39, 0.29) is 5.91 Å². The minimum absolute atomic E-state index is 0.0327. The summed E-state index contributed by atoms with van der Waals surface area (Å²) in [7, 11) is 0. The fourth-order valence-electron chi connectivity index (χ4n) is 2.58. The molecule has 0 atom stereocenters. The fourth-order valence-corrected chi connectivity index (χ4v) is 2.58. The molecular formula is C17H25N3O. The summed E-state index contributed by atoms with van der Waals surface area (Å²) < 4.78 is 0. The molecular weight excluding hydrogens is 262 g/mol. The average molecular weight is 287 g/mol. The predicted molar refractivity (Wildman–Crippen MR) is 85.8 cm³/mol. The highest BCUT2D eigenvalue weighted by molar-refractivity contribution is 5.91. The molecule has 1 N–H and O–H groups in total. The van der Waals surface area contributed by atoms with Gasteiger partial charge in [0.15, 0.2) is 0 Å². The van der Waals surface area contributed by atoms with Crippen molar-refractivity contribution in [3.8, 4) is 0 Å². The van der Waals surface area contributed by atoms with Crippen molar-refractivity contribution in [3.63, 3.8) is 0 Å². The van der Waals surface area contributed by atoms with Crippen LogP contribution >= 0.6 is 0 Å². The second-order valence-corrected chi connectivity index (χ2v) is 5.52. The van der Waals surface area contributed by atoms with Crippen molar-refractivity contribution in [2.24, 2.45) is 0 Å². The van der Waals surface area contributed by atoms with Gasteiger partial charge in [0.1, 0.15) is 0 Å². The standard InChI is InChI=1S/C17H25N3O/c21-17(9-8-16-7-5-10-18-15-16)19-11-6-14-20-12-3-1-2-4-13-20/h5,7-10,15H,1-4,6,11-14H2,(H,19,21)/b9-8+. The summed E-state index contributed by atoms with van der Waals surface area (Å²) in [5, 5.41) is 2.94. The van der Waals surface area contributed by atoms with Crippen LogP contribution in [0.5, 0.6) is 0 Å². The Bertz CT molecular complexity index is 437. The van der Waals surface area contributed by atoms with Crippen LogP contribution in [0.2, 0.25) is 0 Å². The average Bonchev–Trinajstić information content (AvgIpc) is 2.79. The largest absolute Gasteiger partial charge is 0.353 e. The third kappa shape index (κ3) is 6.54. The summed E-state index contributed by atoms with van der Waals surface area (Å²) in [6.45, 7) is 4.27. The second kappa shape index (κ2) is 9.29. The quantitative estimate of drug-likeness (QED) is 0.646. The van der Waals surface area contributed by atoms with E-state index in [9.17, 15) is 4.79 Å². The lowest BCUT2D eigenvalue weighted by Gasteiger charge is -2.19. The Morgan fingerprint density at radius 3 is 2.81 bits per heavy atom. The Kier molecular flexibility index (Phi) is 6.95. The van der Waals surface area contributed by atoms with Gasteiger partial charge in [-0.1, -0.05) is 18.9 Å². The molecule has 0 aliphatic carbocycles. The number of carbonyl (C=O) groups is 1. The molecule has 2 heterocycles. The van der Waals surface area contributed by atoms with Crippen molar-refractivity contribution in [2.45, 2.75) is 32.1 Å². The normalized spacial score (nSPS) is 16.8. The van der Waals surface area contributed by atoms with Crippen molar-refractivity contribution < 1.29 is 4.79 Å². The van der Waals surface area contributed by atoms with Gasteiger partial charge in [0.25, 0.3) is 0 Å². The molecule has 1 fully saturated rings. The number of carbonyl (C=O) groups excluding carboxylic acids is 1. The molecule has 1 aromatic rings. The lowest BCUT2D eigenvalue weighted by Crippen LogP contribution is -2.30. The summed E-state index contributed by atoms with van der Waals surface area (Å²) in [5.74, 6) is -0.0327. The van der Waals surface area contributed by atoms with Crippen molar-refractivity contribution in [3.05, 3.63) is 36.2 Å². The zero-order chi connectivity index (χ0) is 14.8. The number of amides is 1. The molecule has 0 radical (unpaired) electrons. The number of hydrogen-bond acceptors (Lipinski definition) is 3. The third-order valence-electron chi connectivity index (χ3n) is 3.76. The first-order chi connectivity index (χ1) is 10.3. The summed E-state index contributed by atoms with van der Waals surface area (Å²) in [6.07, 6.45) is 13.2. The lowest BCUT2D eigenvalue weighted by molar-refractivity contribution is -0.116. The second-order valence-electron chi connectivity index (χ2n) is 5.52. The van der Waals surface area contributed by atoms with E-state index >= 15 is 0 Å². The van der Waals surface area contributed by atoms with Crippen LogP contribution in [-0.4, -0.2) is 42.0 Å². The van der Waals surface area contributed by atoms with Crippen molar-refractivity contribution in [1.82, 2.24) is 15.2 Å². The van der Waals surface area contributed by atoms with Crippen LogP contribution in [0.1, 0.15) is 37.7 Å². The summed E-state index contributed by atoms with van der Waals surface area (Å²) >= 11 is 0. The topological polar surface area (TPSA) is 45.2 Å². The zero-order valence-corrected chi connectivity index (χ0v) is 12.6. The van der Waals surface area contributed by atoms with Gasteiger partial charge in [-0.2, -0.15) is 0 Å². The van der Waals surface area contributed by atoms with Gasteiger partial charge in [0.05, 0.1) is 0 Å². The Morgan fingerprint density at radius 2 is 2.10 bits per heavy atom. The molecule has 4 nitrogen and oxygen atoms in total. The van der Waals surface area contributed by atoms with Crippen LogP contribution in [0.25, 0.3) is 6.08 Å².